The molecule has 0 atom stereocenters. The molecule has 0 aromatic carbocycles. The van der Waals surface area contributed by atoms with E-state index in [1.165, 1.54) is 0 Å². The molecule has 1 aromatic heterocycles. The fourth-order valence-corrected chi connectivity index (χ4v) is 2.46. The van der Waals surface area contributed by atoms with Gasteiger partial charge in [-0.2, -0.15) is 0 Å². The van der Waals surface area contributed by atoms with Crippen LogP contribution in [-0.4, -0.2) is 21.8 Å². The summed E-state index contributed by atoms with van der Waals surface area (Å²) >= 11 is 0. The van der Waals surface area contributed by atoms with Crippen LogP contribution in [0.3, 0.4) is 0 Å². The van der Waals surface area contributed by atoms with Gasteiger partial charge in [0.1, 0.15) is 4.90 Å². The Morgan fingerprint density at radius 1 is 1.07 bits per heavy atom. The molecule has 10 heteroatoms. The molecule has 84 valence electrons. The molecule has 0 aliphatic carbocycles. The van der Waals surface area contributed by atoms with Gasteiger partial charge in [0.15, 0.2) is 0 Å². The first kappa shape index (κ1) is 12.5. The van der Waals surface area contributed by atoms with Crippen LogP contribution in [0, 0.1) is 0 Å². The van der Waals surface area contributed by atoms with E-state index in [1.54, 1.807) is 0 Å². The Morgan fingerprint density at radius 2 is 1.60 bits per heavy atom. The van der Waals surface area contributed by atoms with E-state index in [4.69, 9.17) is 21.4 Å². The topological polar surface area (TPSA) is 101 Å². The van der Waals surface area contributed by atoms with Crippen molar-refractivity contribution < 1.29 is 16.8 Å². The average Bonchev–Trinajstić information content (AvgIpc) is 2.00. The molecule has 0 unspecified atom stereocenters. The Kier molecular flexibility index (Phi) is 3.15. The third-order valence-electron chi connectivity index (χ3n) is 1.39. The van der Waals surface area contributed by atoms with E-state index in [-0.39, 0.29) is 0 Å². The highest BCUT2D eigenvalue weighted by atomic mass is 35.7. The van der Waals surface area contributed by atoms with Crippen LogP contribution >= 0.6 is 21.4 Å². The molecule has 0 radical (unpaired) electrons. The van der Waals surface area contributed by atoms with E-state index in [0.717, 1.165) is 6.20 Å². The lowest BCUT2D eigenvalue weighted by Gasteiger charge is -1.98. The number of pyridine rings is 1. The molecule has 0 saturated heterocycles. The zero-order valence-electron chi connectivity index (χ0n) is 6.77. The number of H-pyrrole nitrogens is 1. The Hall–Kier alpha value is -0.570. The van der Waals surface area contributed by atoms with Gasteiger partial charge in [-0.25, -0.2) is 16.8 Å². The molecule has 0 aliphatic heterocycles. The predicted octanol–water partition coefficient (Wildman–Crippen LogP) is 0.230. The quantitative estimate of drug-likeness (QED) is 0.786. The van der Waals surface area contributed by atoms with Crippen molar-refractivity contribution >= 4 is 39.5 Å². The minimum absolute atomic E-state index is 0.553. The molecule has 1 aromatic rings. The smallest absolute Gasteiger partial charge is 0.268 e. The molecule has 1 heterocycles. The summed E-state index contributed by atoms with van der Waals surface area (Å²) < 4.78 is 43.3. The summed E-state index contributed by atoms with van der Waals surface area (Å²) in [6, 6.07) is 0.587. The van der Waals surface area contributed by atoms with Gasteiger partial charge in [0, 0.05) is 27.6 Å². The van der Waals surface area contributed by atoms with Gasteiger partial charge in [-0.3, -0.25) is 4.79 Å². The standard InChI is InChI=1S/C5H3Cl2NO5S2/c6-14(10,11)3-1-4(15(7,12)13)5(9)8-2-3/h1-2H,(H,8,9). The number of hydrogen-bond acceptors (Lipinski definition) is 5. The van der Waals surface area contributed by atoms with E-state index in [9.17, 15) is 21.6 Å². The van der Waals surface area contributed by atoms with Gasteiger partial charge in [-0.15, -0.1) is 0 Å². The molecular formula is C5H3Cl2NO5S2. The molecule has 1 N–H and O–H groups in total. The summed E-state index contributed by atoms with van der Waals surface area (Å²) in [5.41, 5.74) is -1.02. The largest absolute Gasteiger partial charge is 0.327 e. The van der Waals surface area contributed by atoms with Crippen molar-refractivity contribution in [3.8, 4) is 0 Å². The number of aromatic nitrogens is 1. The summed E-state index contributed by atoms with van der Waals surface area (Å²) in [6.07, 6.45) is 0.774. The average molecular weight is 292 g/mol. The van der Waals surface area contributed by atoms with Crippen molar-refractivity contribution in [2.75, 3.05) is 0 Å². The molecule has 0 saturated carbocycles. The first-order chi connectivity index (χ1) is 6.62. The highest BCUT2D eigenvalue weighted by molar-refractivity contribution is 8.14. The molecule has 0 fully saturated rings. The summed E-state index contributed by atoms with van der Waals surface area (Å²) in [5, 5.41) is 0. The minimum Gasteiger partial charge on any atom is -0.327 e. The van der Waals surface area contributed by atoms with Crippen LogP contribution in [0.4, 0.5) is 0 Å². The van der Waals surface area contributed by atoms with Crippen LogP contribution in [0.15, 0.2) is 26.8 Å². The summed E-state index contributed by atoms with van der Waals surface area (Å²) in [7, 11) is 1.41. The Labute approximate surface area is 93.7 Å². The number of nitrogens with one attached hydrogen (secondary N) is 1. The normalized spacial score (nSPS) is 12.7. The van der Waals surface area contributed by atoms with Crippen LogP contribution in [0.2, 0.25) is 0 Å². The van der Waals surface area contributed by atoms with Crippen LogP contribution in [0.5, 0.6) is 0 Å². The van der Waals surface area contributed by atoms with E-state index >= 15 is 0 Å². The van der Waals surface area contributed by atoms with Crippen molar-refractivity contribution in [1.82, 2.24) is 4.98 Å². The predicted molar refractivity (Wildman–Crippen MR) is 53.1 cm³/mol. The minimum atomic E-state index is -4.31. The SMILES string of the molecule is O=c1[nH]cc(S(=O)(=O)Cl)cc1S(=O)(=O)Cl. The van der Waals surface area contributed by atoms with E-state index in [1.807, 2.05) is 4.98 Å². The van der Waals surface area contributed by atoms with Gasteiger partial charge in [0.2, 0.25) is 0 Å². The van der Waals surface area contributed by atoms with Crippen molar-refractivity contribution in [3.63, 3.8) is 0 Å². The zero-order valence-corrected chi connectivity index (χ0v) is 9.91. The molecule has 15 heavy (non-hydrogen) atoms. The maximum atomic E-state index is 11.0. The summed E-state index contributed by atoms with van der Waals surface area (Å²) in [6.45, 7) is 0. The number of aromatic amines is 1. The van der Waals surface area contributed by atoms with E-state index in [0.29, 0.717) is 6.07 Å². The van der Waals surface area contributed by atoms with Crippen LogP contribution in [0.1, 0.15) is 0 Å². The number of hydrogen-bond donors (Lipinski definition) is 1. The molecule has 1 rings (SSSR count). The number of halogens is 2. The van der Waals surface area contributed by atoms with Gasteiger partial charge in [0.05, 0.1) is 4.90 Å². The van der Waals surface area contributed by atoms with Crippen LogP contribution in [0.25, 0.3) is 0 Å². The second-order valence-electron chi connectivity index (χ2n) is 2.40. The molecule has 0 spiro atoms. The van der Waals surface area contributed by atoms with Crippen LogP contribution in [-0.2, 0) is 18.1 Å². The van der Waals surface area contributed by atoms with E-state index in [2.05, 4.69) is 0 Å². The summed E-state index contributed by atoms with van der Waals surface area (Å²) in [5.74, 6) is 0. The van der Waals surface area contributed by atoms with Gasteiger partial charge in [-0.05, 0) is 6.07 Å². The lowest BCUT2D eigenvalue weighted by atomic mass is 10.5. The highest BCUT2D eigenvalue weighted by Crippen LogP contribution is 2.17. The van der Waals surface area contributed by atoms with Gasteiger partial charge in [0.25, 0.3) is 23.7 Å². The summed E-state index contributed by atoms with van der Waals surface area (Å²) in [4.78, 5) is 11.5. The maximum Gasteiger partial charge on any atom is 0.268 e. The fourth-order valence-electron chi connectivity index (χ4n) is 0.766. The van der Waals surface area contributed by atoms with Crippen molar-refractivity contribution in [1.29, 1.82) is 0 Å². The molecule has 6 nitrogen and oxygen atoms in total. The van der Waals surface area contributed by atoms with Crippen molar-refractivity contribution in [2.45, 2.75) is 9.79 Å². The second-order valence-corrected chi connectivity index (χ2v) is 7.50. The van der Waals surface area contributed by atoms with E-state index < -0.39 is 33.5 Å². The molecule has 0 amide bonds. The highest BCUT2D eigenvalue weighted by Gasteiger charge is 2.19. The van der Waals surface area contributed by atoms with Gasteiger partial charge < -0.3 is 4.98 Å². The Bertz CT molecular complexity index is 644. The fraction of sp³-hybridized carbons (Fsp3) is 0. The third kappa shape index (κ3) is 2.94. The monoisotopic (exact) mass is 291 g/mol. The second kappa shape index (κ2) is 3.78. The number of rotatable bonds is 2. The van der Waals surface area contributed by atoms with Gasteiger partial charge >= 0.3 is 0 Å². The lowest BCUT2D eigenvalue weighted by Crippen LogP contribution is -2.15. The zero-order chi connectivity index (χ0) is 11.9. The first-order valence-corrected chi connectivity index (χ1v) is 7.86. The molecular weight excluding hydrogens is 289 g/mol. The maximum absolute atomic E-state index is 11.0. The Balaban J connectivity index is 3.65. The molecule has 0 aliphatic rings. The first-order valence-electron chi connectivity index (χ1n) is 3.24. The van der Waals surface area contributed by atoms with Crippen LogP contribution < -0.4 is 5.56 Å². The van der Waals surface area contributed by atoms with Crippen molar-refractivity contribution in [2.24, 2.45) is 0 Å². The molecule has 0 bridgehead atoms. The van der Waals surface area contributed by atoms with Crippen molar-refractivity contribution in [3.05, 3.63) is 22.6 Å². The third-order valence-corrected chi connectivity index (χ3v) is 4.05. The Morgan fingerprint density at radius 3 is 2.00 bits per heavy atom. The van der Waals surface area contributed by atoms with Gasteiger partial charge in [-0.1, -0.05) is 0 Å². The lowest BCUT2D eigenvalue weighted by molar-refractivity contribution is 0.606.